The molecule has 1 aromatic carbocycles. The number of anilines is 1. The van der Waals surface area contributed by atoms with Crippen molar-refractivity contribution >= 4 is 29.2 Å². The van der Waals surface area contributed by atoms with Crippen molar-refractivity contribution in [1.82, 2.24) is 9.78 Å². The second kappa shape index (κ2) is 8.26. The predicted octanol–water partition coefficient (Wildman–Crippen LogP) is 2.94. The van der Waals surface area contributed by atoms with Crippen LogP contribution in [0.4, 0.5) is 32.0 Å². The molecule has 1 aliphatic rings. The van der Waals surface area contributed by atoms with Crippen molar-refractivity contribution in [2.45, 2.75) is 31.2 Å². The van der Waals surface area contributed by atoms with Crippen molar-refractivity contribution < 1.29 is 35.9 Å². The number of aromatic nitrogens is 2. The first-order chi connectivity index (χ1) is 14.4. The lowest BCUT2D eigenvalue weighted by atomic mass is 9.85. The highest BCUT2D eigenvalue weighted by Crippen LogP contribution is 2.42. The van der Waals surface area contributed by atoms with Gasteiger partial charge in [-0.25, -0.2) is 27.2 Å². The van der Waals surface area contributed by atoms with Gasteiger partial charge in [0.2, 0.25) is 0 Å². The predicted molar refractivity (Wildman–Crippen MR) is 95.8 cm³/mol. The molecule has 0 bridgehead atoms. The summed E-state index contributed by atoms with van der Waals surface area (Å²) in [6.45, 7) is -3.10. The molecule has 168 valence electrons. The molecule has 2 aromatic rings. The van der Waals surface area contributed by atoms with E-state index in [2.05, 4.69) is 10.1 Å². The Morgan fingerprint density at radius 2 is 2.00 bits per heavy atom. The number of ether oxygens (including phenoxy) is 1. The Morgan fingerprint density at radius 1 is 1.32 bits per heavy atom. The van der Waals surface area contributed by atoms with E-state index in [9.17, 15) is 31.1 Å². The van der Waals surface area contributed by atoms with E-state index >= 15 is 0 Å². The molecule has 1 amide bonds. The van der Waals surface area contributed by atoms with Crippen LogP contribution >= 0.6 is 11.6 Å². The van der Waals surface area contributed by atoms with Gasteiger partial charge in [-0.15, -0.1) is 0 Å². The van der Waals surface area contributed by atoms with Crippen LogP contribution in [0.1, 0.15) is 29.0 Å². The Labute approximate surface area is 174 Å². The smallest absolute Gasteiger partial charge is 0.333 e. The Morgan fingerprint density at radius 3 is 2.55 bits per heavy atom. The molecule has 31 heavy (non-hydrogen) atoms. The number of carbonyl (C=O) groups excluding carboxylic acids is 1. The van der Waals surface area contributed by atoms with Gasteiger partial charge in [-0.1, -0.05) is 11.6 Å². The van der Waals surface area contributed by atoms with E-state index in [4.69, 9.17) is 27.8 Å². The molecular formula is C16H13ClF6N6O2. The van der Waals surface area contributed by atoms with Gasteiger partial charge in [-0.3, -0.25) is 10.5 Å². The number of rotatable bonds is 5. The van der Waals surface area contributed by atoms with Crippen LogP contribution in [-0.2, 0) is 10.3 Å². The fourth-order valence-electron chi connectivity index (χ4n) is 2.99. The van der Waals surface area contributed by atoms with E-state index in [1.54, 1.807) is 0 Å². The molecule has 0 saturated carbocycles. The minimum absolute atomic E-state index is 0.0978. The van der Waals surface area contributed by atoms with Crippen LogP contribution in [0.3, 0.4) is 0 Å². The number of hydrogen-bond acceptors (Lipinski definition) is 6. The van der Waals surface area contributed by atoms with Crippen LogP contribution in [0.15, 0.2) is 23.3 Å². The molecule has 8 nitrogen and oxygen atoms in total. The highest BCUT2D eigenvalue weighted by atomic mass is 35.5. The summed E-state index contributed by atoms with van der Waals surface area (Å²) >= 11 is 5.69. The number of benzene rings is 1. The summed E-state index contributed by atoms with van der Waals surface area (Å²) in [7, 11) is 0. The van der Waals surface area contributed by atoms with Gasteiger partial charge in [-0.05, 0) is 6.07 Å². The highest BCUT2D eigenvalue weighted by Gasteiger charge is 2.49. The number of halogens is 7. The Hall–Kier alpha value is -3.00. The fourth-order valence-corrected chi connectivity index (χ4v) is 3.21. The SMILES string of the molecule is NC1=N[C@](c2cc(NC(=O)c3nn(C(F)F)cc3Cl)cc(F)c2F)(C(F)F)C[C@@H](N)O1. The summed E-state index contributed by atoms with van der Waals surface area (Å²) in [4.78, 5) is 15.8. The Kier molecular flexibility index (Phi) is 6.04. The van der Waals surface area contributed by atoms with Crippen molar-refractivity contribution in [2.75, 3.05) is 5.32 Å². The van der Waals surface area contributed by atoms with E-state index in [0.29, 0.717) is 18.3 Å². The fraction of sp³-hybridized carbons (Fsp3) is 0.312. The maximum Gasteiger partial charge on any atom is 0.333 e. The lowest BCUT2D eigenvalue weighted by Crippen LogP contribution is -2.48. The number of aliphatic imine (C=N–C) groups is 1. The minimum atomic E-state index is -3.39. The molecule has 0 aliphatic carbocycles. The number of amidine groups is 1. The third-order valence-electron chi connectivity index (χ3n) is 4.31. The van der Waals surface area contributed by atoms with Crippen LogP contribution < -0.4 is 16.8 Å². The van der Waals surface area contributed by atoms with E-state index in [1.807, 2.05) is 5.32 Å². The van der Waals surface area contributed by atoms with E-state index in [-0.39, 0.29) is 4.68 Å². The molecule has 1 aliphatic heterocycles. The van der Waals surface area contributed by atoms with Crippen molar-refractivity contribution in [3.05, 3.63) is 46.2 Å². The molecule has 0 spiro atoms. The van der Waals surface area contributed by atoms with Gasteiger partial charge < -0.3 is 15.8 Å². The number of hydrogen-bond donors (Lipinski definition) is 3. The number of amides is 1. The minimum Gasteiger partial charge on any atom is -0.446 e. The summed E-state index contributed by atoms with van der Waals surface area (Å²) in [5, 5.41) is 4.86. The summed E-state index contributed by atoms with van der Waals surface area (Å²) in [5.41, 5.74) is 6.03. The molecule has 5 N–H and O–H groups in total. The molecule has 0 radical (unpaired) electrons. The standard InChI is InChI=1S/C16H13ClF6N6O2/c17-7-4-29(14(22)23)28-11(7)12(30)26-5-1-6(10(19)8(18)2-5)16(13(20)21)3-9(24)31-15(25)27-16/h1-2,4,9,13-14H,3,24H2,(H2,25,27)(H,26,30)/t9-,16+/m0/s1. The second-order valence-electron chi connectivity index (χ2n) is 6.39. The number of nitrogens with zero attached hydrogens (tertiary/aromatic N) is 3. The van der Waals surface area contributed by atoms with Gasteiger partial charge in [0.05, 0.1) is 11.2 Å². The van der Waals surface area contributed by atoms with Gasteiger partial charge in [0, 0.05) is 23.7 Å². The average molecular weight is 471 g/mol. The first kappa shape index (κ1) is 22.7. The number of alkyl halides is 4. The topological polar surface area (TPSA) is 121 Å². The maximum absolute atomic E-state index is 14.5. The third kappa shape index (κ3) is 4.25. The highest BCUT2D eigenvalue weighted by molar-refractivity contribution is 6.34. The van der Waals surface area contributed by atoms with Crippen LogP contribution in [-0.4, -0.2) is 34.4 Å². The van der Waals surface area contributed by atoms with Gasteiger partial charge in [0.1, 0.15) is 0 Å². The summed E-state index contributed by atoms with van der Waals surface area (Å²) < 4.78 is 86.9. The molecule has 0 saturated heterocycles. The first-order valence-electron chi connectivity index (χ1n) is 8.34. The van der Waals surface area contributed by atoms with Gasteiger partial charge in [-0.2, -0.15) is 13.9 Å². The lowest BCUT2D eigenvalue weighted by molar-refractivity contribution is 0.00207. The molecule has 15 heteroatoms. The lowest BCUT2D eigenvalue weighted by Gasteiger charge is -2.36. The van der Waals surface area contributed by atoms with Crippen LogP contribution in [0.2, 0.25) is 5.02 Å². The third-order valence-corrected chi connectivity index (χ3v) is 4.59. The molecule has 0 fully saturated rings. The molecule has 3 rings (SSSR count). The number of carbonyl (C=O) groups is 1. The van der Waals surface area contributed by atoms with E-state index in [1.165, 1.54) is 0 Å². The molecule has 2 atom stereocenters. The summed E-state index contributed by atoms with van der Waals surface area (Å²) in [6, 6.07) is 0.410. The maximum atomic E-state index is 14.5. The largest absolute Gasteiger partial charge is 0.446 e. The monoisotopic (exact) mass is 470 g/mol. The van der Waals surface area contributed by atoms with Gasteiger partial charge >= 0.3 is 6.55 Å². The van der Waals surface area contributed by atoms with Crippen molar-refractivity contribution in [2.24, 2.45) is 16.5 Å². The van der Waals surface area contributed by atoms with Crippen molar-refractivity contribution in [3.63, 3.8) is 0 Å². The molecule has 0 unspecified atom stereocenters. The zero-order valence-corrected chi connectivity index (χ0v) is 15.9. The molecular weight excluding hydrogens is 458 g/mol. The van der Waals surface area contributed by atoms with Crippen molar-refractivity contribution in [3.8, 4) is 0 Å². The normalized spacial score (nSPS) is 21.2. The first-order valence-corrected chi connectivity index (χ1v) is 8.71. The second-order valence-corrected chi connectivity index (χ2v) is 6.80. The zero-order chi connectivity index (χ0) is 23.1. The molecule has 2 heterocycles. The zero-order valence-electron chi connectivity index (χ0n) is 15.1. The van der Waals surface area contributed by atoms with Gasteiger partial charge in [0.25, 0.3) is 18.4 Å². The Balaban J connectivity index is 2.03. The Bertz CT molecular complexity index is 1050. The van der Waals surface area contributed by atoms with Crippen LogP contribution in [0, 0.1) is 11.6 Å². The number of nitrogens with one attached hydrogen (secondary N) is 1. The average Bonchev–Trinajstić information content (AvgIpc) is 3.05. The van der Waals surface area contributed by atoms with Crippen LogP contribution in [0.5, 0.6) is 0 Å². The van der Waals surface area contributed by atoms with E-state index in [0.717, 1.165) is 0 Å². The van der Waals surface area contributed by atoms with Gasteiger partial charge in [0.15, 0.2) is 29.1 Å². The summed E-state index contributed by atoms with van der Waals surface area (Å²) in [6.07, 6.45) is -4.88. The summed E-state index contributed by atoms with van der Waals surface area (Å²) in [5.74, 6) is -4.46. The quantitative estimate of drug-likeness (QED) is 0.580. The van der Waals surface area contributed by atoms with Crippen LogP contribution in [0.25, 0.3) is 0 Å². The van der Waals surface area contributed by atoms with Crippen molar-refractivity contribution in [1.29, 1.82) is 0 Å². The number of nitrogens with two attached hydrogens (primary N) is 2. The van der Waals surface area contributed by atoms with E-state index < -0.39 is 76.7 Å². The molecule has 1 aromatic heterocycles.